The lowest BCUT2D eigenvalue weighted by Gasteiger charge is -2.09. The van der Waals surface area contributed by atoms with Gasteiger partial charge in [0.2, 0.25) is 5.91 Å². The van der Waals surface area contributed by atoms with Gasteiger partial charge in [0.05, 0.1) is 284 Å². The molecule has 0 rings (SSSR count). The molecule has 0 aromatic carbocycles. The van der Waals surface area contributed by atoms with Crippen molar-refractivity contribution in [3.63, 3.8) is 0 Å². The third-order valence-electron chi connectivity index (χ3n) is 9.93. The topological polar surface area (TPSA) is 295 Å². The zero-order valence-electron chi connectivity index (χ0n) is 47.8. The number of hydrogen-bond donors (Lipinski definition) is 3. The minimum absolute atomic E-state index is 0.113. The highest BCUT2D eigenvalue weighted by Gasteiger charge is 2.10. The molecule has 0 aromatic rings. The van der Waals surface area contributed by atoms with Crippen molar-refractivity contribution >= 4 is 11.9 Å². The summed E-state index contributed by atoms with van der Waals surface area (Å²) in [6.07, 6.45) is 1.95. The van der Waals surface area contributed by atoms with E-state index in [2.05, 4.69) is 5.32 Å². The van der Waals surface area contributed by atoms with E-state index >= 15 is 0 Å². The smallest absolute Gasteiger partial charge is 0.320 e. The Bertz CT molecular complexity index is 1180. The zero-order chi connectivity index (χ0) is 56.9. The molecule has 27 heteroatoms. The Labute approximate surface area is 470 Å². The van der Waals surface area contributed by atoms with E-state index in [1.807, 2.05) is 0 Å². The fourth-order valence-corrected chi connectivity index (χ4v) is 5.74. The largest absolute Gasteiger partial charge is 0.480 e. The molecule has 1 amide bonds. The SMILES string of the molecule is COCCOCCOCCOCCOCCOCCOCCOCCOCCOCCOCCOCCOCCOCCOCCOCCOCCOCCOCCOCCOCCOCCC(=O)NCCCC[C@H](N)C(=O)O. The molecule has 0 spiro atoms. The fourth-order valence-electron chi connectivity index (χ4n) is 5.74. The highest BCUT2D eigenvalue weighted by molar-refractivity contribution is 5.75. The second kappa shape index (κ2) is 70.3. The van der Waals surface area contributed by atoms with E-state index in [-0.39, 0.29) is 12.3 Å². The molecule has 0 saturated carbocycles. The summed E-state index contributed by atoms with van der Waals surface area (Å²) >= 11 is 0. The third-order valence-corrected chi connectivity index (χ3v) is 9.93. The minimum atomic E-state index is -1.01. The maximum atomic E-state index is 11.8. The van der Waals surface area contributed by atoms with Gasteiger partial charge in [-0.05, 0) is 19.3 Å². The first-order valence-corrected chi connectivity index (χ1v) is 27.9. The lowest BCUT2D eigenvalue weighted by molar-refractivity contribution is -0.138. The molecular weight excluding hydrogens is 1050 g/mol. The Balaban J connectivity index is 3.11. The van der Waals surface area contributed by atoms with Gasteiger partial charge < -0.3 is 120 Å². The fraction of sp³-hybridized carbons (Fsp3) is 0.962. The van der Waals surface area contributed by atoms with E-state index in [4.69, 9.17) is 115 Å². The number of unbranched alkanes of at least 4 members (excludes halogenated alkanes) is 1. The predicted molar refractivity (Wildman–Crippen MR) is 286 cm³/mol. The Morgan fingerprint density at radius 2 is 0.481 bits per heavy atom. The first-order chi connectivity index (χ1) is 39.1. The maximum absolute atomic E-state index is 11.8. The second-order valence-corrected chi connectivity index (χ2v) is 16.4. The summed E-state index contributed by atoms with van der Waals surface area (Å²) in [6, 6.07) is -0.859. The van der Waals surface area contributed by atoms with Crippen LogP contribution in [0.2, 0.25) is 0 Å². The van der Waals surface area contributed by atoms with Crippen LogP contribution in [0, 0.1) is 0 Å². The van der Waals surface area contributed by atoms with Crippen molar-refractivity contribution in [3.8, 4) is 0 Å². The number of ether oxygens (including phenoxy) is 22. The first kappa shape index (κ1) is 77.0. The van der Waals surface area contributed by atoms with Crippen molar-refractivity contribution < 1.29 is 119 Å². The molecule has 0 aliphatic heterocycles. The van der Waals surface area contributed by atoms with Gasteiger partial charge >= 0.3 is 5.97 Å². The molecule has 0 aliphatic carbocycles. The van der Waals surface area contributed by atoms with Crippen molar-refractivity contribution in [3.05, 3.63) is 0 Å². The highest BCUT2D eigenvalue weighted by Crippen LogP contribution is 1.99. The number of carboxylic acid groups (broad SMARTS) is 1. The standard InChI is InChI=1S/C52H104N2O25/c1-58-8-9-60-12-13-62-16-17-64-20-21-66-24-25-68-28-29-70-32-33-72-36-37-74-40-41-76-44-45-78-48-49-79-47-46-77-43-42-75-39-38-73-35-34-71-31-30-69-27-26-67-23-22-65-19-18-63-15-14-61-11-10-59-7-5-51(55)54-6-3-2-4-50(53)52(56)57/h50H,2-49,53H2,1H3,(H,54,55)(H,56,57)/t50-/m0/s1. The van der Waals surface area contributed by atoms with Crippen molar-refractivity contribution in [1.82, 2.24) is 5.32 Å². The summed E-state index contributed by atoms with van der Waals surface area (Å²) in [5.74, 6) is -1.12. The number of rotatable bonds is 72. The van der Waals surface area contributed by atoms with Crippen molar-refractivity contribution in [1.29, 1.82) is 0 Å². The Kier molecular flexibility index (Phi) is 68.5. The van der Waals surface area contributed by atoms with Crippen molar-refractivity contribution in [2.75, 3.05) is 298 Å². The van der Waals surface area contributed by atoms with Gasteiger partial charge in [-0.2, -0.15) is 0 Å². The quantitative estimate of drug-likeness (QED) is 0.0679. The van der Waals surface area contributed by atoms with Crippen LogP contribution in [0.1, 0.15) is 25.7 Å². The molecular formula is C52H104N2O25. The zero-order valence-corrected chi connectivity index (χ0v) is 47.8. The van der Waals surface area contributed by atoms with Gasteiger partial charge in [-0.15, -0.1) is 0 Å². The van der Waals surface area contributed by atoms with Crippen LogP contribution >= 0.6 is 0 Å². The van der Waals surface area contributed by atoms with Gasteiger partial charge in [-0.25, -0.2) is 0 Å². The summed E-state index contributed by atoms with van der Waals surface area (Å²) in [5.41, 5.74) is 5.45. The van der Waals surface area contributed by atoms with Gasteiger partial charge in [0.15, 0.2) is 0 Å². The number of carbonyl (C=O) groups is 2. The van der Waals surface area contributed by atoms with Gasteiger partial charge in [-0.3, -0.25) is 9.59 Å². The van der Waals surface area contributed by atoms with Crippen molar-refractivity contribution in [2.45, 2.75) is 31.7 Å². The van der Waals surface area contributed by atoms with Crippen molar-refractivity contribution in [2.24, 2.45) is 5.73 Å². The van der Waals surface area contributed by atoms with Crippen LogP contribution in [-0.2, 0) is 114 Å². The Morgan fingerprint density at radius 1 is 0.304 bits per heavy atom. The van der Waals surface area contributed by atoms with Crippen LogP contribution in [0.5, 0.6) is 0 Å². The van der Waals surface area contributed by atoms with Gasteiger partial charge in [0.1, 0.15) is 6.04 Å². The molecule has 0 heterocycles. The van der Waals surface area contributed by atoms with Gasteiger partial charge in [0, 0.05) is 20.1 Å². The molecule has 79 heavy (non-hydrogen) atoms. The van der Waals surface area contributed by atoms with E-state index in [9.17, 15) is 9.59 Å². The first-order valence-electron chi connectivity index (χ1n) is 27.9. The highest BCUT2D eigenvalue weighted by atomic mass is 16.6. The molecule has 4 N–H and O–H groups in total. The number of nitrogens with one attached hydrogen (secondary N) is 1. The summed E-state index contributed by atoms with van der Waals surface area (Å²) < 4.78 is 120. The van der Waals surface area contributed by atoms with Crippen LogP contribution in [0.3, 0.4) is 0 Å². The van der Waals surface area contributed by atoms with E-state index in [1.165, 1.54) is 0 Å². The van der Waals surface area contributed by atoms with Crippen LogP contribution < -0.4 is 11.1 Å². The number of aliphatic carboxylic acids is 1. The number of carboxylic acids is 1. The lowest BCUT2D eigenvalue weighted by Crippen LogP contribution is -2.30. The van der Waals surface area contributed by atoms with Crippen LogP contribution in [0.15, 0.2) is 0 Å². The van der Waals surface area contributed by atoms with Crippen LogP contribution in [-0.4, -0.2) is 321 Å². The molecule has 0 aromatic heterocycles. The van der Waals surface area contributed by atoms with E-state index in [0.29, 0.717) is 310 Å². The van der Waals surface area contributed by atoms with E-state index < -0.39 is 12.0 Å². The average Bonchev–Trinajstić information content (AvgIpc) is 3.44. The van der Waals surface area contributed by atoms with Crippen LogP contribution in [0.25, 0.3) is 0 Å². The molecule has 0 fully saturated rings. The molecule has 0 unspecified atom stereocenters. The van der Waals surface area contributed by atoms with Gasteiger partial charge in [-0.1, -0.05) is 0 Å². The summed E-state index contributed by atoms with van der Waals surface area (Å²) in [7, 11) is 1.64. The maximum Gasteiger partial charge on any atom is 0.320 e. The molecule has 0 saturated heterocycles. The predicted octanol–water partition coefficient (Wildman–Crippen LogP) is 0.0699. The average molecular weight is 1160 g/mol. The van der Waals surface area contributed by atoms with Crippen LogP contribution in [0.4, 0.5) is 0 Å². The lowest BCUT2D eigenvalue weighted by atomic mass is 10.1. The minimum Gasteiger partial charge on any atom is -0.480 e. The Morgan fingerprint density at radius 3 is 0.658 bits per heavy atom. The number of amides is 1. The monoisotopic (exact) mass is 1160 g/mol. The third kappa shape index (κ3) is 70.2. The number of nitrogens with two attached hydrogens (primary N) is 1. The second-order valence-electron chi connectivity index (χ2n) is 16.4. The molecule has 0 bridgehead atoms. The summed E-state index contributed by atoms with van der Waals surface area (Å²) in [5, 5.41) is 11.5. The summed E-state index contributed by atoms with van der Waals surface area (Å²) in [6.45, 7) is 21.1. The molecule has 0 radical (unpaired) electrons. The molecule has 0 aliphatic rings. The van der Waals surface area contributed by atoms with E-state index in [0.717, 1.165) is 0 Å². The molecule has 27 nitrogen and oxygen atoms in total. The number of hydrogen-bond acceptors (Lipinski definition) is 25. The molecule has 472 valence electrons. The Hall–Kier alpha value is -1.98. The van der Waals surface area contributed by atoms with Gasteiger partial charge in [0.25, 0.3) is 0 Å². The number of carbonyl (C=O) groups excluding carboxylic acids is 1. The molecule has 1 atom stereocenters. The summed E-state index contributed by atoms with van der Waals surface area (Å²) in [4.78, 5) is 22.5. The van der Waals surface area contributed by atoms with E-state index in [1.54, 1.807) is 7.11 Å². The normalized spacial score (nSPS) is 12.0. The number of methoxy groups -OCH3 is 1.